The summed E-state index contributed by atoms with van der Waals surface area (Å²) in [4.78, 5) is 0. The predicted octanol–water partition coefficient (Wildman–Crippen LogP) is 6.11. The van der Waals surface area contributed by atoms with Crippen LogP contribution in [0.5, 0.6) is 0 Å². The van der Waals surface area contributed by atoms with E-state index in [1.165, 1.54) is 56.9 Å². The molecule has 0 spiro atoms. The van der Waals surface area contributed by atoms with Gasteiger partial charge in [0.1, 0.15) is 5.82 Å². The fourth-order valence-electron chi connectivity index (χ4n) is 4.81. The van der Waals surface area contributed by atoms with Gasteiger partial charge in [0, 0.05) is 7.11 Å². The molecule has 2 aliphatic rings. The van der Waals surface area contributed by atoms with Crippen LogP contribution in [0, 0.1) is 23.6 Å². The highest BCUT2D eigenvalue weighted by Gasteiger charge is 2.30. The molecular weight excluding hydrogens is 299 g/mol. The molecule has 1 aromatic rings. The molecule has 0 amide bonds. The second-order valence-corrected chi connectivity index (χ2v) is 7.72. The van der Waals surface area contributed by atoms with Crippen molar-refractivity contribution in [3.8, 4) is 0 Å². The lowest BCUT2D eigenvalue weighted by molar-refractivity contribution is 0.171. The fourth-order valence-corrected chi connectivity index (χ4v) is 4.81. The lowest BCUT2D eigenvalue weighted by atomic mass is 9.68. The van der Waals surface area contributed by atoms with Crippen LogP contribution in [0.2, 0.25) is 0 Å². The Hall–Kier alpha value is -1.15. The zero-order valence-corrected chi connectivity index (χ0v) is 14.9. The third kappa shape index (κ3) is 4.69. The summed E-state index contributed by atoms with van der Waals surface area (Å²) in [6, 6.07) is 7.19. The number of methoxy groups -OCH3 is 1. The first kappa shape index (κ1) is 17.7. The molecule has 1 aromatic carbocycles. The van der Waals surface area contributed by atoms with Crippen LogP contribution in [0.4, 0.5) is 4.39 Å². The molecule has 3 rings (SSSR count). The molecular formula is C22H31FO. The molecule has 132 valence electrons. The summed E-state index contributed by atoms with van der Waals surface area (Å²) in [5.41, 5.74) is 1.34. The number of benzene rings is 1. The minimum absolute atomic E-state index is 0.122. The van der Waals surface area contributed by atoms with E-state index in [0.717, 1.165) is 24.4 Å². The standard InChI is InChI=1S/C22H31FO/c1-24-16-2-3-17-4-6-18(7-5-17)19-8-10-20(11-9-19)21-12-14-22(23)15-13-21/h2-3,12-15,17-20H,4-11,16H2,1H3/b3-2+. The van der Waals surface area contributed by atoms with E-state index in [1.54, 1.807) is 19.2 Å². The number of hydrogen-bond donors (Lipinski definition) is 0. The van der Waals surface area contributed by atoms with Crippen molar-refractivity contribution < 1.29 is 9.13 Å². The Labute approximate surface area is 146 Å². The van der Waals surface area contributed by atoms with Gasteiger partial charge in [0.05, 0.1) is 6.61 Å². The second kappa shape index (κ2) is 8.80. The number of ether oxygens (including phenoxy) is 1. The van der Waals surface area contributed by atoms with Crippen LogP contribution in [0.25, 0.3) is 0 Å². The van der Waals surface area contributed by atoms with E-state index >= 15 is 0 Å². The molecule has 0 unspecified atom stereocenters. The van der Waals surface area contributed by atoms with Crippen molar-refractivity contribution in [2.75, 3.05) is 13.7 Å². The van der Waals surface area contributed by atoms with Crippen molar-refractivity contribution in [1.29, 1.82) is 0 Å². The molecule has 0 radical (unpaired) electrons. The number of hydrogen-bond acceptors (Lipinski definition) is 1. The molecule has 0 atom stereocenters. The fraction of sp³-hybridized carbons (Fsp3) is 0.636. The van der Waals surface area contributed by atoms with Gasteiger partial charge < -0.3 is 4.74 Å². The van der Waals surface area contributed by atoms with Gasteiger partial charge in [-0.05, 0) is 92.7 Å². The molecule has 0 aliphatic heterocycles. The highest BCUT2D eigenvalue weighted by Crippen LogP contribution is 2.44. The van der Waals surface area contributed by atoms with E-state index in [2.05, 4.69) is 12.2 Å². The van der Waals surface area contributed by atoms with Crippen LogP contribution >= 0.6 is 0 Å². The van der Waals surface area contributed by atoms with E-state index in [-0.39, 0.29) is 5.82 Å². The van der Waals surface area contributed by atoms with Gasteiger partial charge in [-0.25, -0.2) is 4.39 Å². The summed E-state index contributed by atoms with van der Waals surface area (Å²) >= 11 is 0. The van der Waals surface area contributed by atoms with E-state index in [1.807, 2.05) is 12.1 Å². The Morgan fingerprint density at radius 3 is 2.08 bits per heavy atom. The highest BCUT2D eigenvalue weighted by molar-refractivity contribution is 5.21. The lowest BCUT2D eigenvalue weighted by Crippen LogP contribution is -2.25. The van der Waals surface area contributed by atoms with Gasteiger partial charge in [0.25, 0.3) is 0 Å². The summed E-state index contributed by atoms with van der Waals surface area (Å²) in [7, 11) is 1.75. The molecule has 0 saturated heterocycles. The first-order valence-electron chi connectivity index (χ1n) is 9.67. The monoisotopic (exact) mass is 330 g/mol. The molecule has 0 aromatic heterocycles. The van der Waals surface area contributed by atoms with Crippen LogP contribution in [0.15, 0.2) is 36.4 Å². The summed E-state index contributed by atoms with van der Waals surface area (Å²) in [6.45, 7) is 0.743. The van der Waals surface area contributed by atoms with Gasteiger partial charge >= 0.3 is 0 Å². The molecule has 0 N–H and O–H groups in total. The van der Waals surface area contributed by atoms with Crippen LogP contribution in [0.3, 0.4) is 0 Å². The van der Waals surface area contributed by atoms with Crippen LogP contribution in [0.1, 0.15) is 62.8 Å². The lowest BCUT2D eigenvalue weighted by Gasteiger charge is -2.37. The molecule has 0 heterocycles. The van der Waals surface area contributed by atoms with Crippen molar-refractivity contribution in [1.82, 2.24) is 0 Å². The molecule has 2 saturated carbocycles. The van der Waals surface area contributed by atoms with Crippen LogP contribution < -0.4 is 0 Å². The van der Waals surface area contributed by atoms with Gasteiger partial charge in [-0.3, -0.25) is 0 Å². The zero-order chi connectivity index (χ0) is 16.8. The largest absolute Gasteiger partial charge is 0.381 e. The van der Waals surface area contributed by atoms with Crippen molar-refractivity contribution in [3.63, 3.8) is 0 Å². The van der Waals surface area contributed by atoms with E-state index in [4.69, 9.17) is 4.74 Å². The maximum atomic E-state index is 13.1. The molecule has 2 heteroatoms. The van der Waals surface area contributed by atoms with E-state index < -0.39 is 0 Å². The minimum Gasteiger partial charge on any atom is -0.381 e. The van der Waals surface area contributed by atoms with Crippen molar-refractivity contribution in [3.05, 3.63) is 47.8 Å². The van der Waals surface area contributed by atoms with Crippen LogP contribution in [-0.4, -0.2) is 13.7 Å². The predicted molar refractivity (Wildman–Crippen MR) is 97.6 cm³/mol. The maximum Gasteiger partial charge on any atom is 0.123 e. The average Bonchev–Trinajstić information content (AvgIpc) is 2.63. The van der Waals surface area contributed by atoms with Crippen molar-refractivity contribution >= 4 is 0 Å². The van der Waals surface area contributed by atoms with E-state index in [0.29, 0.717) is 5.92 Å². The molecule has 2 aliphatic carbocycles. The van der Waals surface area contributed by atoms with Crippen LogP contribution in [-0.2, 0) is 4.74 Å². The first-order chi connectivity index (χ1) is 11.8. The smallest absolute Gasteiger partial charge is 0.123 e. The summed E-state index contributed by atoms with van der Waals surface area (Å²) in [5.74, 6) is 3.16. The van der Waals surface area contributed by atoms with Gasteiger partial charge in [-0.15, -0.1) is 0 Å². The summed E-state index contributed by atoms with van der Waals surface area (Å²) in [6.07, 6.45) is 15.3. The van der Waals surface area contributed by atoms with Gasteiger partial charge in [0.2, 0.25) is 0 Å². The van der Waals surface area contributed by atoms with Gasteiger partial charge in [-0.2, -0.15) is 0 Å². The van der Waals surface area contributed by atoms with Gasteiger partial charge in [-0.1, -0.05) is 24.3 Å². The van der Waals surface area contributed by atoms with Crippen molar-refractivity contribution in [2.24, 2.45) is 17.8 Å². The highest BCUT2D eigenvalue weighted by atomic mass is 19.1. The first-order valence-corrected chi connectivity index (χ1v) is 9.67. The Kier molecular flexibility index (Phi) is 6.48. The van der Waals surface area contributed by atoms with E-state index in [9.17, 15) is 4.39 Å². The summed E-state index contributed by atoms with van der Waals surface area (Å²) in [5, 5.41) is 0. The van der Waals surface area contributed by atoms with Crippen molar-refractivity contribution in [2.45, 2.75) is 57.3 Å². The Morgan fingerprint density at radius 2 is 1.50 bits per heavy atom. The van der Waals surface area contributed by atoms with Gasteiger partial charge in [0.15, 0.2) is 0 Å². The average molecular weight is 330 g/mol. The number of allylic oxidation sites excluding steroid dienone is 1. The topological polar surface area (TPSA) is 9.23 Å². The molecule has 2 fully saturated rings. The minimum atomic E-state index is -0.122. The third-order valence-electron chi connectivity index (χ3n) is 6.27. The SMILES string of the molecule is COC/C=C/C1CCC(C2CCC(c3ccc(F)cc3)CC2)CC1. The number of rotatable bonds is 5. The second-order valence-electron chi connectivity index (χ2n) is 7.72. The Morgan fingerprint density at radius 1 is 0.917 bits per heavy atom. The Balaban J connectivity index is 1.43. The summed E-state index contributed by atoms with van der Waals surface area (Å²) < 4.78 is 18.2. The quantitative estimate of drug-likeness (QED) is 0.592. The molecule has 0 bridgehead atoms. The maximum absolute atomic E-state index is 13.1. The number of halogens is 1. The normalized spacial score (nSPS) is 31.4. The third-order valence-corrected chi connectivity index (χ3v) is 6.27. The zero-order valence-electron chi connectivity index (χ0n) is 14.9. The Bertz CT molecular complexity index is 505. The molecule has 24 heavy (non-hydrogen) atoms. The molecule has 1 nitrogen and oxygen atoms in total.